The maximum Gasteiger partial charge on any atom is 0.224 e. The average Bonchev–Trinajstić information content (AvgIpc) is 2.22. The lowest BCUT2D eigenvalue weighted by molar-refractivity contribution is -0.127. The Morgan fingerprint density at radius 1 is 1.44 bits per heavy atom. The topological polar surface area (TPSA) is 75.4 Å². The summed E-state index contributed by atoms with van der Waals surface area (Å²) in [6, 6.07) is -0.0750. The van der Waals surface area contributed by atoms with E-state index in [4.69, 9.17) is 5.73 Å². The number of rotatable bonds is 4. The zero-order valence-corrected chi connectivity index (χ0v) is 10.3. The summed E-state index contributed by atoms with van der Waals surface area (Å²) in [5, 5.41) is 12.7. The first kappa shape index (κ1) is 13.5. The summed E-state index contributed by atoms with van der Waals surface area (Å²) < 4.78 is 0. The number of carbonyl (C=O) groups is 1. The lowest BCUT2D eigenvalue weighted by Gasteiger charge is -2.30. The van der Waals surface area contributed by atoms with Crippen LogP contribution >= 0.6 is 0 Å². The number of aliphatic hydroxyl groups excluding tert-OH is 1. The van der Waals surface area contributed by atoms with Crippen molar-refractivity contribution in [1.82, 2.24) is 5.32 Å². The first-order valence-electron chi connectivity index (χ1n) is 6.24. The van der Waals surface area contributed by atoms with Crippen LogP contribution in [0.3, 0.4) is 0 Å². The van der Waals surface area contributed by atoms with Crippen LogP contribution in [0.15, 0.2) is 0 Å². The molecule has 1 amide bonds. The molecule has 1 rings (SSSR count). The Hall–Kier alpha value is -0.610. The van der Waals surface area contributed by atoms with E-state index in [-0.39, 0.29) is 29.9 Å². The third kappa shape index (κ3) is 3.46. The molecule has 1 fully saturated rings. The Morgan fingerprint density at radius 2 is 2.06 bits per heavy atom. The van der Waals surface area contributed by atoms with E-state index in [1.54, 1.807) is 0 Å². The minimum Gasteiger partial charge on any atom is -0.391 e. The molecule has 4 N–H and O–H groups in total. The monoisotopic (exact) mass is 228 g/mol. The van der Waals surface area contributed by atoms with Crippen molar-refractivity contribution in [2.24, 2.45) is 17.6 Å². The number of hydrogen-bond acceptors (Lipinski definition) is 3. The molecule has 0 spiro atoms. The molecule has 0 saturated heterocycles. The SMILES string of the molecule is CC(C)C(CN)C(=O)NC1CCCCC1O. The third-order valence-electron chi connectivity index (χ3n) is 3.45. The zero-order chi connectivity index (χ0) is 12.1. The smallest absolute Gasteiger partial charge is 0.224 e. The zero-order valence-electron chi connectivity index (χ0n) is 10.3. The van der Waals surface area contributed by atoms with Crippen molar-refractivity contribution in [2.45, 2.75) is 51.7 Å². The fourth-order valence-corrected chi connectivity index (χ4v) is 2.25. The highest BCUT2D eigenvalue weighted by molar-refractivity contribution is 5.79. The summed E-state index contributed by atoms with van der Waals surface area (Å²) in [5.41, 5.74) is 5.59. The van der Waals surface area contributed by atoms with Gasteiger partial charge < -0.3 is 16.2 Å². The van der Waals surface area contributed by atoms with Crippen molar-refractivity contribution in [3.8, 4) is 0 Å². The molecule has 0 bridgehead atoms. The third-order valence-corrected chi connectivity index (χ3v) is 3.45. The van der Waals surface area contributed by atoms with E-state index in [1.165, 1.54) is 0 Å². The maximum atomic E-state index is 11.9. The van der Waals surface area contributed by atoms with Gasteiger partial charge in [0.1, 0.15) is 0 Å². The molecule has 0 aromatic rings. The molecule has 0 aromatic heterocycles. The summed E-state index contributed by atoms with van der Waals surface area (Å²) >= 11 is 0. The number of nitrogens with two attached hydrogens (primary N) is 1. The molecular formula is C12H24N2O2. The highest BCUT2D eigenvalue weighted by Crippen LogP contribution is 2.19. The Kier molecular flexibility index (Phi) is 5.22. The van der Waals surface area contributed by atoms with Crippen LogP contribution in [0, 0.1) is 11.8 Å². The van der Waals surface area contributed by atoms with Gasteiger partial charge in [-0.15, -0.1) is 0 Å². The first-order chi connectivity index (χ1) is 7.56. The van der Waals surface area contributed by atoms with Gasteiger partial charge in [0.25, 0.3) is 0 Å². The van der Waals surface area contributed by atoms with Crippen LogP contribution in [0.1, 0.15) is 39.5 Å². The standard InChI is InChI=1S/C12H24N2O2/c1-8(2)9(7-13)12(16)14-10-5-3-4-6-11(10)15/h8-11,15H,3-7,13H2,1-2H3,(H,14,16). The lowest BCUT2D eigenvalue weighted by Crippen LogP contribution is -2.49. The molecule has 1 aliphatic carbocycles. The van der Waals surface area contributed by atoms with Gasteiger partial charge in [-0.2, -0.15) is 0 Å². The second-order valence-electron chi connectivity index (χ2n) is 5.05. The second kappa shape index (κ2) is 6.21. The van der Waals surface area contributed by atoms with Gasteiger partial charge in [0, 0.05) is 6.54 Å². The summed E-state index contributed by atoms with van der Waals surface area (Å²) in [7, 11) is 0. The van der Waals surface area contributed by atoms with Crippen molar-refractivity contribution in [3.05, 3.63) is 0 Å². The van der Waals surface area contributed by atoms with Gasteiger partial charge in [-0.1, -0.05) is 26.7 Å². The Bertz CT molecular complexity index is 231. The molecular weight excluding hydrogens is 204 g/mol. The largest absolute Gasteiger partial charge is 0.391 e. The molecule has 0 aromatic carbocycles. The van der Waals surface area contributed by atoms with Gasteiger partial charge >= 0.3 is 0 Å². The highest BCUT2D eigenvalue weighted by atomic mass is 16.3. The van der Waals surface area contributed by atoms with Gasteiger partial charge in [-0.05, 0) is 18.8 Å². The minimum atomic E-state index is -0.386. The van der Waals surface area contributed by atoms with Gasteiger partial charge in [0.15, 0.2) is 0 Å². The van der Waals surface area contributed by atoms with Gasteiger partial charge in [0.2, 0.25) is 5.91 Å². The van der Waals surface area contributed by atoms with Crippen LogP contribution < -0.4 is 11.1 Å². The Balaban J connectivity index is 2.48. The molecule has 3 unspecified atom stereocenters. The van der Waals surface area contributed by atoms with Crippen LogP contribution in [0.25, 0.3) is 0 Å². The van der Waals surface area contributed by atoms with Gasteiger partial charge in [-0.25, -0.2) is 0 Å². The van der Waals surface area contributed by atoms with Crippen LogP contribution in [0.2, 0.25) is 0 Å². The molecule has 4 nitrogen and oxygen atoms in total. The Morgan fingerprint density at radius 3 is 2.56 bits per heavy atom. The van der Waals surface area contributed by atoms with Crippen LogP contribution in [0.5, 0.6) is 0 Å². The van der Waals surface area contributed by atoms with Crippen molar-refractivity contribution < 1.29 is 9.90 Å². The molecule has 4 heteroatoms. The summed E-state index contributed by atoms with van der Waals surface area (Å²) in [6.07, 6.45) is 3.42. The molecule has 16 heavy (non-hydrogen) atoms. The fraction of sp³-hybridized carbons (Fsp3) is 0.917. The van der Waals surface area contributed by atoms with Gasteiger partial charge in [-0.3, -0.25) is 4.79 Å². The molecule has 1 saturated carbocycles. The Labute approximate surface area is 97.6 Å². The highest BCUT2D eigenvalue weighted by Gasteiger charge is 2.28. The number of nitrogens with one attached hydrogen (secondary N) is 1. The van der Waals surface area contributed by atoms with Gasteiger partial charge in [0.05, 0.1) is 18.1 Å². The quantitative estimate of drug-likeness (QED) is 0.661. The van der Waals surface area contributed by atoms with Crippen molar-refractivity contribution in [2.75, 3.05) is 6.54 Å². The molecule has 0 aliphatic heterocycles. The molecule has 0 heterocycles. The van der Waals surface area contributed by atoms with Crippen molar-refractivity contribution in [1.29, 1.82) is 0 Å². The second-order valence-corrected chi connectivity index (χ2v) is 5.05. The average molecular weight is 228 g/mol. The first-order valence-corrected chi connectivity index (χ1v) is 6.24. The predicted molar refractivity (Wildman–Crippen MR) is 63.8 cm³/mol. The predicted octanol–water partition coefficient (Wildman–Crippen LogP) is 0.637. The van der Waals surface area contributed by atoms with Crippen LogP contribution in [-0.2, 0) is 4.79 Å². The van der Waals surface area contributed by atoms with E-state index in [2.05, 4.69) is 5.32 Å². The van der Waals surface area contributed by atoms with E-state index in [0.717, 1.165) is 25.7 Å². The molecule has 1 aliphatic rings. The summed E-state index contributed by atoms with van der Waals surface area (Å²) in [4.78, 5) is 11.9. The summed E-state index contributed by atoms with van der Waals surface area (Å²) in [6.45, 7) is 4.36. The number of hydrogen-bond donors (Lipinski definition) is 3. The van der Waals surface area contributed by atoms with Crippen LogP contribution in [-0.4, -0.2) is 29.7 Å². The molecule has 94 valence electrons. The van der Waals surface area contributed by atoms with E-state index < -0.39 is 0 Å². The maximum absolute atomic E-state index is 11.9. The van der Waals surface area contributed by atoms with Crippen molar-refractivity contribution >= 4 is 5.91 Å². The number of amides is 1. The number of carbonyl (C=O) groups excluding carboxylic acids is 1. The summed E-state index contributed by atoms with van der Waals surface area (Å²) in [5.74, 6) is 0.0864. The van der Waals surface area contributed by atoms with E-state index >= 15 is 0 Å². The fourth-order valence-electron chi connectivity index (χ4n) is 2.25. The van der Waals surface area contributed by atoms with E-state index in [1.807, 2.05) is 13.8 Å². The van der Waals surface area contributed by atoms with Crippen molar-refractivity contribution in [3.63, 3.8) is 0 Å². The normalized spacial score (nSPS) is 27.8. The minimum absolute atomic E-state index is 0.0107. The van der Waals surface area contributed by atoms with Crippen LogP contribution in [0.4, 0.5) is 0 Å². The lowest BCUT2D eigenvalue weighted by atomic mass is 9.90. The molecule has 0 radical (unpaired) electrons. The molecule has 3 atom stereocenters. The number of aliphatic hydroxyl groups is 1. The van der Waals surface area contributed by atoms with E-state index in [0.29, 0.717) is 6.54 Å². The van der Waals surface area contributed by atoms with E-state index in [9.17, 15) is 9.90 Å².